The van der Waals surface area contributed by atoms with Crippen LogP contribution in [0.1, 0.15) is 22.5 Å². The number of amides is 1. The molecule has 2 N–H and O–H groups in total. The summed E-state index contributed by atoms with van der Waals surface area (Å²) in [6.45, 7) is 2.25. The summed E-state index contributed by atoms with van der Waals surface area (Å²) in [4.78, 5) is 28.1. The molecule has 0 fully saturated rings. The summed E-state index contributed by atoms with van der Waals surface area (Å²) in [6.07, 6.45) is 2.46. The number of aliphatic imine (C=N–C) groups is 1. The average Bonchev–Trinajstić information content (AvgIpc) is 2.89. The maximum absolute atomic E-state index is 13.2. The Labute approximate surface area is 196 Å². The van der Waals surface area contributed by atoms with Gasteiger partial charge in [0.1, 0.15) is 0 Å². The van der Waals surface area contributed by atoms with Gasteiger partial charge in [0.2, 0.25) is 6.17 Å². The molecule has 7 nitrogen and oxygen atoms in total. The van der Waals surface area contributed by atoms with Crippen LogP contribution in [-0.2, 0) is 11.3 Å². The van der Waals surface area contributed by atoms with Crippen molar-refractivity contribution < 1.29 is 4.79 Å². The summed E-state index contributed by atoms with van der Waals surface area (Å²) in [5.41, 5.74) is 4.60. The van der Waals surface area contributed by atoms with E-state index in [9.17, 15) is 4.79 Å². The number of carbonyl (C=O) groups is 1. The number of thiocarbonyl (C=S) groups is 1. The van der Waals surface area contributed by atoms with Crippen molar-refractivity contribution in [3.05, 3.63) is 88.5 Å². The second-order valence-electron chi connectivity index (χ2n) is 7.28. The lowest BCUT2D eigenvalue weighted by atomic mass is 10.0. The van der Waals surface area contributed by atoms with Crippen molar-refractivity contribution >= 4 is 46.2 Å². The van der Waals surface area contributed by atoms with Gasteiger partial charge in [0.05, 0.1) is 35.5 Å². The molecule has 0 saturated heterocycles. The van der Waals surface area contributed by atoms with Crippen molar-refractivity contribution in [3.8, 4) is 0 Å². The molecule has 0 saturated carbocycles. The molecule has 1 aromatic heterocycles. The summed E-state index contributed by atoms with van der Waals surface area (Å²) < 4.78 is 0. The lowest BCUT2D eigenvalue weighted by Gasteiger charge is -2.22. The van der Waals surface area contributed by atoms with Crippen molar-refractivity contribution in [2.75, 3.05) is 11.9 Å². The summed E-state index contributed by atoms with van der Waals surface area (Å²) in [6, 6.07) is 15.1. The predicted molar refractivity (Wildman–Crippen MR) is 130 cm³/mol. The van der Waals surface area contributed by atoms with Gasteiger partial charge in [-0.25, -0.2) is 4.99 Å². The van der Waals surface area contributed by atoms with E-state index in [-0.39, 0.29) is 5.91 Å². The number of aromatic nitrogens is 2. The highest BCUT2D eigenvalue weighted by atomic mass is 35.5. The molecule has 0 aliphatic carbocycles. The van der Waals surface area contributed by atoms with Crippen LogP contribution in [0.5, 0.6) is 0 Å². The van der Waals surface area contributed by atoms with Gasteiger partial charge in [-0.2, -0.15) is 0 Å². The molecule has 0 bridgehead atoms. The predicted octanol–water partition coefficient (Wildman–Crippen LogP) is 3.24. The van der Waals surface area contributed by atoms with Crippen LogP contribution in [0.25, 0.3) is 0 Å². The molecule has 0 radical (unpaired) electrons. The first kappa shape index (κ1) is 21.9. The molecule has 1 aliphatic heterocycles. The highest BCUT2D eigenvalue weighted by Crippen LogP contribution is 2.29. The molecule has 1 amide bonds. The first-order valence-electron chi connectivity index (χ1n) is 9.95. The van der Waals surface area contributed by atoms with E-state index >= 15 is 0 Å². The Balaban J connectivity index is 1.62. The Morgan fingerprint density at radius 1 is 1.16 bits per heavy atom. The van der Waals surface area contributed by atoms with Gasteiger partial charge in [0.15, 0.2) is 5.11 Å². The molecule has 0 spiro atoms. The normalized spacial score (nSPS) is 15.5. The number of hydrogen-bond donors (Lipinski definition) is 2. The standard InChI is InChI=1S/C23H21ClN6OS/c1-14-11-26-17(12-25-14)13-27-23(32)29-21-22(31)30(2)19-9-8-16(24)10-18(19)20(28-21)15-6-4-3-5-7-15/h3-12,21H,13H2,1-2H3,(H2,27,29,32). The maximum Gasteiger partial charge on any atom is 0.272 e. The monoisotopic (exact) mass is 464 g/mol. The van der Waals surface area contributed by atoms with Gasteiger partial charge in [0.25, 0.3) is 5.91 Å². The maximum atomic E-state index is 13.2. The number of anilines is 1. The highest BCUT2D eigenvalue weighted by molar-refractivity contribution is 7.80. The zero-order valence-electron chi connectivity index (χ0n) is 17.5. The van der Waals surface area contributed by atoms with Gasteiger partial charge < -0.3 is 15.5 Å². The number of aryl methyl sites for hydroxylation is 1. The molecule has 1 unspecified atom stereocenters. The molecule has 162 valence electrons. The van der Waals surface area contributed by atoms with Crippen LogP contribution in [0.2, 0.25) is 5.02 Å². The second-order valence-corrected chi connectivity index (χ2v) is 8.13. The van der Waals surface area contributed by atoms with Gasteiger partial charge in [-0.1, -0.05) is 41.9 Å². The van der Waals surface area contributed by atoms with Crippen LogP contribution < -0.4 is 15.5 Å². The van der Waals surface area contributed by atoms with E-state index < -0.39 is 6.17 Å². The third kappa shape index (κ3) is 4.76. The minimum atomic E-state index is -0.912. The first-order valence-corrected chi connectivity index (χ1v) is 10.7. The smallest absolute Gasteiger partial charge is 0.272 e. The van der Waals surface area contributed by atoms with Crippen LogP contribution in [0.15, 0.2) is 65.9 Å². The molecule has 4 rings (SSSR count). The van der Waals surface area contributed by atoms with E-state index in [4.69, 9.17) is 28.8 Å². The number of halogens is 1. The van der Waals surface area contributed by atoms with Gasteiger partial charge in [-0.3, -0.25) is 14.8 Å². The van der Waals surface area contributed by atoms with E-state index in [0.717, 1.165) is 28.2 Å². The molecule has 9 heteroatoms. The number of hydrogen-bond acceptors (Lipinski definition) is 5. The average molecular weight is 465 g/mol. The molecule has 32 heavy (non-hydrogen) atoms. The number of carbonyl (C=O) groups excluding carboxylic acids is 1. The summed E-state index contributed by atoms with van der Waals surface area (Å²) in [7, 11) is 1.71. The van der Waals surface area contributed by atoms with E-state index in [0.29, 0.717) is 22.4 Å². The Morgan fingerprint density at radius 3 is 2.66 bits per heavy atom. The Hall–Kier alpha value is -3.36. The largest absolute Gasteiger partial charge is 0.357 e. The summed E-state index contributed by atoms with van der Waals surface area (Å²) >= 11 is 11.7. The van der Waals surface area contributed by atoms with Crippen LogP contribution in [0, 0.1) is 6.92 Å². The first-order chi connectivity index (χ1) is 15.4. The van der Waals surface area contributed by atoms with Gasteiger partial charge in [-0.15, -0.1) is 0 Å². The summed E-state index contributed by atoms with van der Waals surface area (Å²) in [5, 5.41) is 6.95. The van der Waals surface area contributed by atoms with Crippen LogP contribution >= 0.6 is 23.8 Å². The number of rotatable bonds is 4. The van der Waals surface area contributed by atoms with E-state index in [2.05, 4.69) is 20.6 Å². The van der Waals surface area contributed by atoms with Crippen LogP contribution in [0.4, 0.5) is 5.69 Å². The van der Waals surface area contributed by atoms with Crippen molar-refractivity contribution in [2.45, 2.75) is 19.6 Å². The Kier molecular flexibility index (Phi) is 6.43. The van der Waals surface area contributed by atoms with Crippen molar-refractivity contribution in [3.63, 3.8) is 0 Å². The molecular weight excluding hydrogens is 444 g/mol. The molecular formula is C23H21ClN6OS. The van der Waals surface area contributed by atoms with Crippen molar-refractivity contribution in [2.24, 2.45) is 4.99 Å². The zero-order chi connectivity index (χ0) is 22.7. The number of benzodiazepines with no additional fused rings is 1. The lowest BCUT2D eigenvalue weighted by molar-refractivity contribution is -0.119. The topological polar surface area (TPSA) is 82.5 Å². The van der Waals surface area contributed by atoms with Gasteiger partial charge in [-0.05, 0) is 37.3 Å². The Morgan fingerprint density at radius 2 is 1.94 bits per heavy atom. The SMILES string of the molecule is Cc1cnc(CNC(=S)NC2N=C(c3ccccc3)c3cc(Cl)ccc3N(C)C2=O)cn1. The summed E-state index contributed by atoms with van der Waals surface area (Å²) in [5.74, 6) is -0.237. The minimum Gasteiger partial charge on any atom is -0.357 e. The molecule has 2 heterocycles. The quantitative estimate of drug-likeness (QED) is 0.577. The number of nitrogens with zero attached hydrogens (tertiary/aromatic N) is 4. The number of benzene rings is 2. The fourth-order valence-corrected chi connectivity index (χ4v) is 3.68. The fourth-order valence-electron chi connectivity index (χ4n) is 3.32. The highest BCUT2D eigenvalue weighted by Gasteiger charge is 2.30. The minimum absolute atomic E-state index is 0.237. The number of nitrogens with one attached hydrogen (secondary N) is 2. The van der Waals surface area contributed by atoms with E-state index in [1.54, 1.807) is 30.4 Å². The number of likely N-dealkylation sites (N-methyl/N-ethyl adjacent to an activating group) is 1. The zero-order valence-corrected chi connectivity index (χ0v) is 19.1. The number of fused-ring (bicyclic) bond motifs is 1. The second kappa shape index (κ2) is 9.42. The third-order valence-electron chi connectivity index (χ3n) is 4.98. The van der Waals surface area contributed by atoms with Crippen LogP contribution in [-0.4, -0.2) is 39.9 Å². The van der Waals surface area contributed by atoms with E-state index in [1.807, 2.05) is 49.4 Å². The Bertz CT molecular complexity index is 1180. The van der Waals surface area contributed by atoms with E-state index in [1.165, 1.54) is 0 Å². The molecule has 3 aromatic rings. The molecule has 2 aromatic carbocycles. The third-order valence-corrected chi connectivity index (χ3v) is 5.47. The fraction of sp³-hybridized carbons (Fsp3) is 0.174. The lowest BCUT2D eigenvalue weighted by Crippen LogP contribution is -2.49. The van der Waals surface area contributed by atoms with Crippen molar-refractivity contribution in [1.29, 1.82) is 0 Å². The van der Waals surface area contributed by atoms with Gasteiger partial charge in [0, 0.05) is 29.4 Å². The van der Waals surface area contributed by atoms with Gasteiger partial charge >= 0.3 is 0 Å². The van der Waals surface area contributed by atoms with Crippen LogP contribution in [0.3, 0.4) is 0 Å². The molecule has 1 atom stereocenters. The molecule has 1 aliphatic rings. The van der Waals surface area contributed by atoms with Crippen molar-refractivity contribution in [1.82, 2.24) is 20.6 Å².